The van der Waals surface area contributed by atoms with Gasteiger partial charge in [0.1, 0.15) is 0 Å². The smallest absolute Gasteiger partial charge is 0.0366 e. The van der Waals surface area contributed by atoms with Crippen LogP contribution in [0.5, 0.6) is 0 Å². The maximum Gasteiger partial charge on any atom is 0.0366 e. The van der Waals surface area contributed by atoms with Gasteiger partial charge in [-0.15, -0.1) is 0 Å². The summed E-state index contributed by atoms with van der Waals surface area (Å²) in [5, 5.41) is 0. The Bertz CT molecular complexity index is 545. The zero-order valence-electron chi connectivity index (χ0n) is 16.5. The van der Waals surface area contributed by atoms with Crippen molar-refractivity contribution in [1.29, 1.82) is 0 Å². The van der Waals surface area contributed by atoms with Gasteiger partial charge in [0.15, 0.2) is 0 Å². The van der Waals surface area contributed by atoms with Crippen LogP contribution >= 0.6 is 0 Å². The van der Waals surface area contributed by atoms with Crippen LogP contribution in [0.1, 0.15) is 51.7 Å². The fourth-order valence-corrected chi connectivity index (χ4v) is 3.36. The quantitative estimate of drug-likeness (QED) is 0.544. The Morgan fingerprint density at radius 1 is 0.560 bits per heavy atom. The second-order valence-corrected chi connectivity index (χ2v) is 6.67. The van der Waals surface area contributed by atoms with Crippen molar-refractivity contribution in [3.05, 3.63) is 59.7 Å². The third-order valence-corrected chi connectivity index (χ3v) is 4.76. The van der Waals surface area contributed by atoms with Crippen molar-refractivity contribution in [3.63, 3.8) is 0 Å². The van der Waals surface area contributed by atoms with Crippen LogP contribution in [0.2, 0.25) is 0 Å². The van der Waals surface area contributed by atoms with Crippen molar-refractivity contribution >= 4 is 11.4 Å². The SMILES string of the molecule is CCCN(CC)c1ccc(Cc2ccc(N(CC)CCC)cc2)cc1. The molecule has 0 aromatic heterocycles. The maximum atomic E-state index is 2.44. The Morgan fingerprint density at radius 3 is 1.20 bits per heavy atom. The van der Waals surface area contributed by atoms with Crippen LogP contribution in [-0.4, -0.2) is 26.2 Å². The molecule has 0 saturated heterocycles. The van der Waals surface area contributed by atoms with Crippen molar-refractivity contribution in [1.82, 2.24) is 0 Å². The molecule has 2 aromatic rings. The first-order chi connectivity index (χ1) is 12.2. The Balaban J connectivity index is 2.02. The summed E-state index contributed by atoms with van der Waals surface area (Å²) in [4.78, 5) is 4.87. The van der Waals surface area contributed by atoms with Crippen molar-refractivity contribution in [2.24, 2.45) is 0 Å². The first-order valence-electron chi connectivity index (χ1n) is 9.89. The average molecular weight is 339 g/mol. The first kappa shape index (κ1) is 19.4. The van der Waals surface area contributed by atoms with E-state index in [4.69, 9.17) is 0 Å². The van der Waals surface area contributed by atoms with Crippen molar-refractivity contribution in [2.75, 3.05) is 36.0 Å². The van der Waals surface area contributed by atoms with Crippen LogP contribution in [0.15, 0.2) is 48.5 Å². The van der Waals surface area contributed by atoms with Crippen LogP contribution in [0, 0.1) is 0 Å². The van der Waals surface area contributed by atoms with E-state index in [1.54, 1.807) is 0 Å². The summed E-state index contributed by atoms with van der Waals surface area (Å²) in [5.74, 6) is 0. The molecule has 0 amide bonds. The Kier molecular flexibility index (Phi) is 7.84. The second-order valence-electron chi connectivity index (χ2n) is 6.67. The van der Waals surface area contributed by atoms with Gasteiger partial charge in [-0.3, -0.25) is 0 Å². The van der Waals surface area contributed by atoms with E-state index in [9.17, 15) is 0 Å². The predicted octanol–water partition coefficient (Wildman–Crippen LogP) is 5.75. The molecule has 0 bridgehead atoms. The molecule has 136 valence electrons. The first-order valence-corrected chi connectivity index (χ1v) is 9.89. The minimum absolute atomic E-state index is 1.00. The topological polar surface area (TPSA) is 6.48 Å². The molecule has 0 saturated carbocycles. The van der Waals surface area contributed by atoms with E-state index < -0.39 is 0 Å². The van der Waals surface area contributed by atoms with Crippen LogP contribution in [0.25, 0.3) is 0 Å². The monoisotopic (exact) mass is 338 g/mol. The fourth-order valence-electron chi connectivity index (χ4n) is 3.36. The van der Waals surface area contributed by atoms with Gasteiger partial charge in [0.05, 0.1) is 0 Å². The predicted molar refractivity (Wildman–Crippen MR) is 112 cm³/mol. The summed E-state index contributed by atoms with van der Waals surface area (Å²) >= 11 is 0. The highest BCUT2D eigenvalue weighted by Gasteiger charge is 2.05. The molecule has 0 heterocycles. The zero-order valence-corrected chi connectivity index (χ0v) is 16.5. The molecule has 2 aromatic carbocycles. The van der Waals surface area contributed by atoms with Crippen LogP contribution in [-0.2, 0) is 6.42 Å². The molecular formula is C23H34N2. The molecule has 25 heavy (non-hydrogen) atoms. The lowest BCUT2D eigenvalue weighted by Gasteiger charge is -2.23. The number of hydrogen-bond donors (Lipinski definition) is 0. The number of nitrogens with zero attached hydrogens (tertiary/aromatic N) is 2. The summed E-state index contributed by atoms with van der Waals surface area (Å²) in [6, 6.07) is 18.2. The van der Waals surface area contributed by atoms with Crippen LogP contribution in [0.3, 0.4) is 0 Å². The Morgan fingerprint density at radius 2 is 0.920 bits per heavy atom. The van der Waals surface area contributed by atoms with Gasteiger partial charge in [0.25, 0.3) is 0 Å². The van der Waals surface area contributed by atoms with Gasteiger partial charge in [0, 0.05) is 37.6 Å². The molecule has 0 atom stereocenters. The highest BCUT2D eigenvalue weighted by molar-refractivity contribution is 5.50. The molecule has 0 aliphatic heterocycles. The molecule has 0 aliphatic carbocycles. The molecule has 0 fully saturated rings. The second kappa shape index (κ2) is 10.1. The van der Waals surface area contributed by atoms with E-state index in [1.165, 1.54) is 35.3 Å². The van der Waals surface area contributed by atoms with E-state index in [0.29, 0.717) is 0 Å². The summed E-state index contributed by atoms with van der Waals surface area (Å²) in [6.07, 6.45) is 3.38. The Labute approximate surface area is 154 Å². The zero-order chi connectivity index (χ0) is 18.1. The Hall–Kier alpha value is -1.96. The molecule has 0 aliphatic rings. The third kappa shape index (κ3) is 5.52. The number of anilines is 2. The number of hydrogen-bond acceptors (Lipinski definition) is 2. The van der Waals surface area contributed by atoms with Gasteiger partial charge in [-0.05, 0) is 68.5 Å². The van der Waals surface area contributed by atoms with Gasteiger partial charge < -0.3 is 9.80 Å². The van der Waals surface area contributed by atoms with E-state index in [-0.39, 0.29) is 0 Å². The molecule has 0 spiro atoms. The van der Waals surface area contributed by atoms with E-state index >= 15 is 0 Å². The van der Waals surface area contributed by atoms with Crippen LogP contribution in [0.4, 0.5) is 11.4 Å². The number of rotatable bonds is 10. The van der Waals surface area contributed by atoms with Crippen LogP contribution < -0.4 is 9.80 Å². The summed E-state index contributed by atoms with van der Waals surface area (Å²) in [5.41, 5.74) is 5.43. The van der Waals surface area contributed by atoms with Gasteiger partial charge in [-0.2, -0.15) is 0 Å². The number of benzene rings is 2. The van der Waals surface area contributed by atoms with Crippen molar-refractivity contribution in [3.8, 4) is 0 Å². The van der Waals surface area contributed by atoms with Gasteiger partial charge in [0.2, 0.25) is 0 Å². The van der Waals surface area contributed by atoms with Gasteiger partial charge in [-0.1, -0.05) is 38.1 Å². The summed E-state index contributed by atoms with van der Waals surface area (Å²) in [7, 11) is 0. The minimum Gasteiger partial charge on any atom is -0.372 e. The van der Waals surface area contributed by atoms with Crippen molar-refractivity contribution < 1.29 is 0 Å². The maximum absolute atomic E-state index is 2.44. The highest BCUT2D eigenvalue weighted by Crippen LogP contribution is 2.20. The molecular weight excluding hydrogens is 304 g/mol. The van der Waals surface area contributed by atoms with E-state index in [2.05, 4.69) is 86.0 Å². The van der Waals surface area contributed by atoms with Crippen molar-refractivity contribution in [2.45, 2.75) is 47.0 Å². The lowest BCUT2D eigenvalue weighted by atomic mass is 10.0. The van der Waals surface area contributed by atoms with Gasteiger partial charge in [-0.25, -0.2) is 0 Å². The summed E-state index contributed by atoms with van der Waals surface area (Å²) in [6.45, 7) is 13.3. The van der Waals surface area contributed by atoms with E-state index in [0.717, 1.165) is 32.6 Å². The largest absolute Gasteiger partial charge is 0.372 e. The highest BCUT2D eigenvalue weighted by atomic mass is 15.1. The molecule has 2 nitrogen and oxygen atoms in total. The standard InChI is InChI=1S/C23H34N2/c1-5-17-24(7-3)22-13-9-20(10-14-22)19-21-11-15-23(16-12-21)25(8-4)18-6-2/h9-16H,5-8,17-19H2,1-4H3. The third-order valence-electron chi connectivity index (χ3n) is 4.76. The molecule has 0 N–H and O–H groups in total. The van der Waals surface area contributed by atoms with Gasteiger partial charge >= 0.3 is 0 Å². The summed E-state index contributed by atoms with van der Waals surface area (Å²) < 4.78 is 0. The average Bonchev–Trinajstić information content (AvgIpc) is 2.66. The molecule has 2 heteroatoms. The lowest BCUT2D eigenvalue weighted by molar-refractivity contribution is 0.791. The normalized spacial score (nSPS) is 10.7. The molecule has 0 unspecified atom stereocenters. The minimum atomic E-state index is 1.00. The molecule has 0 radical (unpaired) electrons. The van der Waals surface area contributed by atoms with E-state index in [1.807, 2.05) is 0 Å². The lowest BCUT2D eigenvalue weighted by Crippen LogP contribution is -2.23. The fraction of sp³-hybridized carbons (Fsp3) is 0.478. The molecule has 2 rings (SSSR count).